The van der Waals surface area contributed by atoms with E-state index in [2.05, 4.69) is 22.5 Å². The second kappa shape index (κ2) is 10.4. The van der Waals surface area contributed by atoms with E-state index >= 15 is 0 Å². The number of carbonyl (C=O) groups excluding carboxylic acids is 1. The SMILES string of the molecule is CCNC(=O)c1ccc(CN=C(NCC)N2CCOC(C3CCCO3)C2)cc1. The van der Waals surface area contributed by atoms with Gasteiger partial charge < -0.3 is 25.0 Å². The van der Waals surface area contributed by atoms with Crippen LogP contribution in [-0.4, -0.2) is 68.4 Å². The number of carbonyl (C=O) groups is 1. The number of aliphatic imine (C=N–C) groups is 1. The Labute approximate surface area is 167 Å². The number of hydrogen-bond donors (Lipinski definition) is 2. The Bertz CT molecular complexity index is 656. The smallest absolute Gasteiger partial charge is 0.251 e. The van der Waals surface area contributed by atoms with Gasteiger partial charge >= 0.3 is 0 Å². The summed E-state index contributed by atoms with van der Waals surface area (Å²) in [4.78, 5) is 19.0. The van der Waals surface area contributed by atoms with Crippen LogP contribution in [0.2, 0.25) is 0 Å². The minimum atomic E-state index is -0.0422. The van der Waals surface area contributed by atoms with E-state index in [4.69, 9.17) is 14.5 Å². The molecule has 1 amide bonds. The van der Waals surface area contributed by atoms with Gasteiger partial charge in [-0.1, -0.05) is 12.1 Å². The highest BCUT2D eigenvalue weighted by molar-refractivity contribution is 5.94. The molecule has 7 heteroatoms. The van der Waals surface area contributed by atoms with E-state index in [9.17, 15) is 4.79 Å². The predicted octanol–water partition coefficient (Wildman–Crippen LogP) is 1.78. The molecule has 3 rings (SSSR count). The molecule has 2 saturated heterocycles. The van der Waals surface area contributed by atoms with Crippen molar-refractivity contribution < 1.29 is 14.3 Å². The van der Waals surface area contributed by atoms with Crippen LogP contribution in [0.3, 0.4) is 0 Å². The fraction of sp³-hybridized carbons (Fsp3) is 0.619. The quantitative estimate of drug-likeness (QED) is 0.574. The maximum Gasteiger partial charge on any atom is 0.251 e. The van der Waals surface area contributed by atoms with E-state index in [0.29, 0.717) is 25.3 Å². The van der Waals surface area contributed by atoms with Crippen LogP contribution in [0.15, 0.2) is 29.3 Å². The summed E-state index contributed by atoms with van der Waals surface area (Å²) in [5.74, 6) is 0.862. The van der Waals surface area contributed by atoms with Gasteiger partial charge in [-0.05, 0) is 44.4 Å². The first-order valence-electron chi connectivity index (χ1n) is 10.3. The molecule has 2 aliphatic heterocycles. The van der Waals surface area contributed by atoms with Crippen molar-refractivity contribution in [2.75, 3.05) is 39.4 Å². The maximum absolute atomic E-state index is 11.9. The van der Waals surface area contributed by atoms with Crippen molar-refractivity contribution in [2.24, 2.45) is 4.99 Å². The monoisotopic (exact) mass is 388 g/mol. The molecule has 2 aliphatic rings. The third-order valence-corrected chi connectivity index (χ3v) is 5.07. The summed E-state index contributed by atoms with van der Waals surface area (Å²) in [6, 6.07) is 7.63. The van der Waals surface area contributed by atoms with Crippen LogP contribution >= 0.6 is 0 Å². The van der Waals surface area contributed by atoms with Crippen molar-refractivity contribution in [1.82, 2.24) is 15.5 Å². The van der Waals surface area contributed by atoms with Crippen molar-refractivity contribution in [3.05, 3.63) is 35.4 Å². The number of guanidine groups is 1. The first-order valence-corrected chi connectivity index (χ1v) is 10.3. The second-order valence-electron chi connectivity index (χ2n) is 7.13. The van der Waals surface area contributed by atoms with Crippen molar-refractivity contribution >= 4 is 11.9 Å². The van der Waals surface area contributed by atoms with Crippen molar-refractivity contribution in [3.63, 3.8) is 0 Å². The van der Waals surface area contributed by atoms with Gasteiger partial charge in [-0.15, -0.1) is 0 Å². The molecule has 2 unspecified atom stereocenters. The Balaban J connectivity index is 1.62. The summed E-state index contributed by atoms with van der Waals surface area (Å²) >= 11 is 0. The highest BCUT2D eigenvalue weighted by Crippen LogP contribution is 2.21. The van der Waals surface area contributed by atoms with Crippen molar-refractivity contribution in [1.29, 1.82) is 0 Å². The van der Waals surface area contributed by atoms with Crippen LogP contribution < -0.4 is 10.6 Å². The zero-order valence-electron chi connectivity index (χ0n) is 16.9. The molecule has 0 aromatic heterocycles. The number of hydrogen-bond acceptors (Lipinski definition) is 4. The molecule has 0 radical (unpaired) electrons. The molecule has 1 aromatic carbocycles. The van der Waals surface area contributed by atoms with Gasteiger partial charge in [0.15, 0.2) is 5.96 Å². The van der Waals surface area contributed by atoms with Crippen LogP contribution in [0, 0.1) is 0 Å². The highest BCUT2D eigenvalue weighted by atomic mass is 16.5. The van der Waals surface area contributed by atoms with Gasteiger partial charge in [0.2, 0.25) is 0 Å². The average molecular weight is 389 g/mol. The zero-order valence-corrected chi connectivity index (χ0v) is 16.9. The lowest BCUT2D eigenvalue weighted by Gasteiger charge is -2.37. The van der Waals surface area contributed by atoms with Crippen LogP contribution in [0.4, 0.5) is 0 Å². The molecule has 28 heavy (non-hydrogen) atoms. The summed E-state index contributed by atoms with van der Waals surface area (Å²) in [5.41, 5.74) is 1.75. The summed E-state index contributed by atoms with van der Waals surface area (Å²) < 4.78 is 11.8. The van der Waals surface area contributed by atoms with Crippen LogP contribution in [0.5, 0.6) is 0 Å². The third kappa shape index (κ3) is 5.45. The van der Waals surface area contributed by atoms with Gasteiger partial charge in [-0.2, -0.15) is 0 Å². The normalized spacial score (nSPS) is 22.9. The first kappa shape index (κ1) is 20.6. The van der Waals surface area contributed by atoms with Crippen molar-refractivity contribution in [3.8, 4) is 0 Å². The minimum absolute atomic E-state index is 0.0422. The molecule has 7 nitrogen and oxygen atoms in total. The van der Waals surface area contributed by atoms with E-state index < -0.39 is 0 Å². The number of benzene rings is 1. The van der Waals surface area contributed by atoms with Crippen LogP contribution in [-0.2, 0) is 16.0 Å². The van der Waals surface area contributed by atoms with Gasteiger partial charge in [-0.25, -0.2) is 4.99 Å². The summed E-state index contributed by atoms with van der Waals surface area (Å²) in [7, 11) is 0. The van der Waals surface area contributed by atoms with Gasteiger partial charge in [-0.3, -0.25) is 4.79 Å². The number of amides is 1. The molecular formula is C21H32N4O3. The molecule has 2 heterocycles. The number of morpholine rings is 1. The van der Waals surface area contributed by atoms with Crippen LogP contribution in [0.1, 0.15) is 42.6 Å². The Morgan fingerprint density at radius 3 is 2.54 bits per heavy atom. The lowest BCUT2D eigenvalue weighted by molar-refractivity contribution is -0.0817. The number of rotatable bonds is 6. The van der Waals surface area contributed by atoms with Crippen molar-refractivity contribution in [2.45, 2.75) is 45.4 Å². The molecule has 0 bridgehead atoms. The summed E-state index contributed by atoms with van der Waals surface area (Å²) in [5, 5.41) is 6.21. The molecule has 0 saturated carbocycles. The minimum Gasteiger partial charge on any atom is -0.375 e. The molecular weight excluding hydrogens is 356 g/mol. The fourth-order valence-electron chi connectivity index (χ4n) is 3.60. The first-order chi connectivity index (χ1) is 13.7. The van der Waals surface area contributed by atoms with Gasteiger partial charge in [0.1, 0.15) is 6.10 Å². The second-order valence-corrected chi connectivity index (χ2v) is 7.13. The standard InChI is InChI=1S/C21H32N4O3/c1-3-22-20(26)17-9-7-16(8-10-17)14-24-21(23-4-2)25-11-13-28-19(15-25)18-6-5-12-27-18/h7-10,18-19H,3-6,11-15H2,1-2H3,(H,22,26)(H,23,24). The largest absolute Gasteiger partial charge is 0.375 e. The Morgan fingerprint density at radius 1 is 1.11 bits per heavy atom. The number of nitrogens with zero attached hydrogens (tertiary/aromatic N) is 2. The van der Waals surface area contributed by atoms with Crippen LogP contribution in [0.25, 0.3) is 0 Å². The van der Waals surface area contributed by atoms with Gasteiger partial charge in [0.05, 0.1) is 19.3 Å². The number of ether oxygens (including phenoxy) is 2. The summed E-state index contributed by atoms with van der Waals surface area (Å²) in [6.45, 7) is 9.16. The molecule has 154 valence electrons. The van der Waals surface area contributed by atoms with E-state index in [0.717, 1.165) is 50.6 Å². The number of nitrogens with one attached hydrogen (secondary N) is 2. The Hall–Kier alpha value is -2.12. The molecule has 2 atom stereocenters. The lowest BCUT2D eigenvalue weighted by atomic mass is 10.1. The molecule has 0 spiro atoms. The average Bonchev–Trinajstić information content (AvgIpc) is 3.27. The third-order valence-electron chi connectivity index (χ3n) is 5.07. The lowest BCUT2D eigenvalue weighted by Crippen LogP contribution is -2.53. The zero-order chi connectivity index (χ0) is 19.8. The molecule has 2 N–H and O–H groups in total. The fourth-order valence-corrected chi connectivity index (χ4v) is 3.60. The molecule has 2 fully saturated rings. The van der Waals surface area contributed by atoms with Gasteiger partial charge in [0.25, 0.3) is 5.91 Å². The van der Waals surface area contributed by atoms with Gasteiger partial charge in [0, 0.05) is 38.3 Å². The predicted molar refractivity (Wildman–Crippen MR) is 110 cm³/mol. The molecule has 1 aromatic rings. The van der Waals surface area contributed by atoms with E-state index in [1.807, 2.05) is 31.2 Å². The van der Waals surface area contributed by atoms with E-state index in [1.54, 1.807) is 0 Å². The topological polar surface area (TPSA) is 75.2 Å². The Kier molecular flexibility index (Phi) is 7.68. The van der Waals surface area contributed by atoms with E-state index in [-0.39, 0.29) is 18.1 Å². The molecule has 0 aliphatic carbocycles. The highest BCUT2D eigenvalue weighted by Gasteiger charge is 2.32. The maximum atomic E-state index is 11.9. The van der Waals surface area contributed by atoms with E-state index in [1.165, 1.54) is 0 Å². The summed E-state index contributed by atoms with van der Waals surface area (Å²) in [6.07, 6.45) is 2.50. The Morgan fingerprint density at radius 2 is 1.86 bits per heavy atom.